The van der Waals surface area contributed by atoms with Gasteiger partial charge in [-0.05, 0) is 53.4 Å². The van der Waals surface area contributed by atoms with E-state index in [2.05, 4.69) is 46.7 Å². The molecule has 5 heteroatoms. The minimum atomic E-state index is -0.218. The summed E-state index contributed by atoms with van der Waals surface area (Å²) in [7, 11) is 0. The first-order valence-electron chi connectivity index (χ1n) is 8.52. The smallest absolute Gasteiger partial charge is 0.274 e. The molecule has 4 nitrogen and oxygen atoms in total. The zero-order valence-corrected chi connectivity index (χ0v) is 15.3. The third-order valence-corrected chi connectivity index (χ3v) is 4.88. The third kappa shape index (κ3) is 4.27. The first-order valence-corrected chi connectivity index (χ1v) is 9.29. The lowest BCUT2D eigenvalue weighted by Gasteiger charge is -2.06. The van der Waals surface area contributed by atoms with E-state index in [1.807, 2.05) is 40.6 Å². The number of rotatable bonds is 5. The molecule has 2 aromatic heterocycles. The number of carbonyl (C=O) groups excluding carboxylic acids is 1. The SMILES string of the molecule is O=C(Nc1ccn(Sc2cccc(-c3ccccc3)c2)c1)c1ccccn1. The van der Waals surface area contributed by atoms with E-state index in [9.17, 15) is 4.79 Å². The summed E-state index contributed by atoms with van der Waals surface area (Å²) in [6, 6.07) is 25.8. The van der Waals surface area contributed by atoms with E-state index in [0.29, 0.717) is 5.69 Å². The van der Waals surface area contributed by atoms with Crippen LogP contribution in [0.15, 0.2) is 102 Å². The van der Waals surface area contributed by atoms with E-state index in [1.165, 1.54) is 11.1 Å². The van der Waals surface area contributed by atoms with Crippen LogP contribution in [0.5, 0.6) is 0 Å². The van der Waals surface area contributed by atoms with Crippen molar-refractivity contribution in [1.82, 2.24) is 8.96 Å². The molecule has 0 atom stereocenters. The zero-order valence-electron chi connectivity index (χ0n) is 14.4. The second-order valence-electron chi connectivity index (χ2n) is 5.91. The highest BCUT2D eigenvalue weighted by molar-refractivity contribution is 7.97. The molecule has 27 heavy (non-hydrogen) atoms. The Bertz CT molecular complexity index is 1050. The molecular formula is C22H17N3OS. The first-order chi connectivity index (χ1) is 13.3. The fourth-order valence-corrected chi connectivity index (χ4v) is 3.54. The minimum absolute atomic E-state index is 0.218. The summed E-state index contributed by atoms with van der Waals surface area (Å²) in [6.07, 6.45) is 5.42. The van der Waals surface area contributed by atoms with E-state index in [4.69, 9.17) is 0 Å². The minimum Gasteiger partial charge on any atom is -0.319 e. The quantitative estimate of drug-likeness (QED) is 0.514. The van der Waals surface area contributed by atoms with Gasteiger partial charge in [0.15, 0.2) is 0 Å². The molecule has 0 saturated carbocycles. The summed E-state index contributed by atoms with van der Waals surface area (Å²) in [6.45, 7) is 0. The molecule has 0 radical (unpaired) electrons. The molecular weight excluding hydrogens is 354 g/mol. The monoisotopic (exact) mass is 371 g/mol. The van der Waals surface area contributed by atoms with Crippen LogP contribution in [0, 0.1) is 0 Å². The molecule has 1 N–H and O–H groups in total. The van der Waals surface area contributed by atoms with Gasteiger partial charge in [-0.25, -0.2) is 0 Å². The second-order valence-corrected chi connectivity index (χ2v) is 6.99. The fourth-order valence-electron chi connectivity index (χ4n) is 2.68. The molecule has 2 aromatic carbocycles. The molecule has 0 unspecified atom stereocenters. The summed E-state index contributed by atoms with van der Waals surface area (Å²) in [5.41, 5.74) is 3.50. The Hall–Kier alpha value is -3.31. The fraction of sp³-hybridized carbons (Fsp3) is 0. The lowest BCUT2D eigenvalue weighted by molar-refractivity contribution is 0.102. The first kappa shape index (κ1) is 17.1. The molecule has 0 bridgehead atoms. The van der Waals surface area contributed by atoms with Gasteiger partial charge in [-0.2, -0.15) is 0 Å². The number of nitrogens with one attached hydrogen (secondary N) is 1. The van der Waals surface area contributed by atoms with Crippen molar-refractivity contribution in [3.8, 4) is 11.1 Å². The molecule has 0 saturated heterocycles. The van der Waals surface area contributed by atoms with Crippen molar-refractivity contribution in [1.29, 1.82) is 0 Å². The van der Waals surface area contributed by atoms with Crippen LogP contribution in [0.4, 0.5) is 5.69 Å². The van der Waals surface area contributed by atoms with Crippen LogP contribution < -0.4 is 5.32 Å². The van der Waals surface area contributed by atoms with Gasteiger partial charge in [-0.3, -0.25) is 13.8 Å². The van der Waals surface area contributed by atoms with E-state index >= 15 is 0 Å². The number of carbonyl (C=O) groups is 1. The number of aromatic nitrogens is 2. The van der Waals surface area contributed by atoms with Gasteiger partial charge in [-0.1, -0.05) is 48.5 Å². The van der Waals surface area contributed by atoms with Gasteiger partial charge in [0, 0.05) is 23.5 Å². The lowest BCUT2D eigenvalue weighted by atomic mass is 10.1. The van der Waals surface area contributed by atoms with Crippen LogP contribution >= 0.6 is 11.9 Å². The van der Waals surface area contributed by atoms with E-state index in [-0.39, 0.29) is 5.91 Å². The maximum atomic E-state index is 12.2. The topological polar surface area (TPSA) is 46.9 Å². The Morgan fingerprint density at radius 1 is 0.889 bits per heavy atom. The second kappa shape index (κ2) is 7.93. The Morgan fingerprint density at radius 2 is 1.70 bits per heavy atom. The molecule has 0 spiro atoms. The van der Waals surface area contributed by atoms with Gasteiger partial charge in [0.2, 0.25) is 0 Å². The van der Waals surface area contributed by atoms with Crippen LogP contribution in [0.2, 0.25) is 0 Å². The van der Waals surface area contributed by atoms with Crippen molar-refractivity contribution in [2.24, 2.45) is 0 Å². The van der Waals surface area contributed by atoms with Gasteiger partial charge in [0.05, 0.1) is 5.69 Å². The molecule has 0 fully saturated rings. The van der Waals surface area contributed by atoms with Crippen LogP contribution in [-0.2, 0) is 0 Å². The lowest BCUT2D eigenvalue weighted by Crippen LogP contribution is -2.12. The van der Waals surface area contributed by atoms with Crippen LogP contribution in [-0.4, -0.2) is 14.9 Å². The highest BCUT2D eigenvalue weighted by Gasteiger charge is 2.08. The van der Waals surface area contributed by atoms with Crippen molar-refractivity contribution in [2.75, 3.05) is 5.32 Å². The molecule has 2 heterocycles. The average Bonchev–Trinajstić information content (AvgIpc) is 3.16. The third-order valence-electron chi connectivity index (χ3n) is 3.97. The maximum absolute atomic E-state index is 12.2. The molecule has 1 amide bonds. The maximum Gasteiger partial charge on any atom is 0.274 e. The number of anilines is 1. The highest BCUT2D eigenvalue weighted by Crippen LogP contribution is 2.27. The van der Waals surface area contributed by atoms with Crippen LogP contribution in [0.3, 0.4) is 0 Å². The number of hydrogen-bond donors (Lipinski definition) is 1. The number of pyridine rings is 1. The van der Waals surface area contributed by atoms with Crippen molar-refractivity contribution in [3.63, 3.8) is 0 Å². The predicted molar refractivity (Wildman–Crippen MR) is 110 cm³/mol. The summed E-state index contributed by atoms with van der Waals surface area (Å²) in [5, 5.41) is 2.87. The van der Waals surface area contributed by atoms with E-state index in [0.717, 1.165) is 10.6 Å². The van der Waals surface area contributed by atoms with E-state index in [1.54, 1.807) is 36.3 Å². The molecule has 4 aromatic rings. The summed E-state index contributed by atoms with van der Waals surface area (Å²) >= 11 is 1.59. The van der Waals surface area contributed by atoms with Gasteiger partial charge in [0.25, 0.3) is 5.91 Å². The van der Waals surface area contributed by atoms with Gasteiger partial charge in [-0.15, -0.1) is 0 Å². The van der Waals surface area contributed by atoms with Gasteiger partial charge >= 0.3 is 0 Å². The Morgan fingerprint density at radius 3 is 2.52 bits per heavy atom. The molecule has 4 rings (SSSR count). The van der Waals surface area contributed by atoms with Crippen LogP contribution in [0.1, 0.15) is 10.5 Å². The summed E-state index contributed by atoms with van der Waals surface area (Å²) in [4.78, 5) is 17.4. The Kier molecular flexibility index (Phi) is 5.03. The summed E-state index contributed by atoms with van der Waals surface area (Å²) < 4.78 is 1.97. The average molecular weight is 371 g/mol. The summed E-state index contributed by atoms with van der Waals surface area (Å²) in [5.74, 6) is -0.218. The number of nitrogens with zero attached hydrogens (tertiary/aromatic N) is 2. The predicted octanol–water partition coefficient (Wildman–Crippen LogP) is 5.36. The van der Waals surface area contributed by atoms with Crippen molar-refractivity contribution < 1.29 is 4.79 Å². The van der Waals surface area contributed by atoms with Crippen molar-refractivity contribution >= 4 is 23.5 Å². The van der Waals surface area contributed by atoms with Crippen LogP contribution in [0.25, 0.3) is 11.1 Å². The van der Waals surface area contributed by atoms with E-state index < -0.39 is 0 Å². The van der Waals surface area contributed by atoms with Gasteiger partial charge in [0.1, 0.15) is 5.69 Å². The number of amides is 1. The highest BCUT2D eigenvalue weighted by atomic mass is 32.2. The molecule has 0 aliphatic carbocycles. The standard InChI is InChI=1S/C22H17N3OS/c26-22(21-11-4-5-13-23-21)24-19-12-14-25(16-19)27-20-10-6-9-18(15-20)17-7-2-1-3-8-17/h1-16H,(H,24,26). The molecule has 0 aliphatic heterocycles. The number of benzene rings is 2. The van der Waals surface area contributed by atoms with Crippen molar-refractivity contribution in [3.05, 3.63) is 103 Å². The zero-order chi connectivity index (χ0) is 18.5. The molecule has 0 aliphatic rings. The Balaban J connectivity index is 1.46. The normalized spacial score (nSPS) is 10.5. The molecule has 132 valence electrons. The van der Waals surface area contributed by atoms with Crippen molar-refractivity contribution in [2.45, 2.75) is 4.90 Å². The van der Waals surface area contributed by atoms with Gasteiger partial charge < -0.3 is 5.32 Å². The Labute approximate surface area is 162 Å². The number of hydrogen-bond acceptors (Lipinski definition) is 3. The largest absolute Gasteiger partial charge is 0.319 e.